The van der Waals surface area contributed by atoms with Crippen LogP contribution in [0, 0.1) is 22.7 Å². The first-order chi connectivity index (χ1) is 9.97. The number of hydrogen-bond acceptors (Lipinski definition) is 1. The summed E-state index contributed by atoms with van der Waals surface area (Å²) in [5, 5.41) is 0. The summed E-state index contributed by atoms with van der Waals surface area (Å²) < 4.78 is 0. The van der Waals surface area contributed by atoms with Crippen LogP contribution < -0.4 is 0 Å². The van der Waals surface area contributed by atoms with Crippen LogP contribution in [0.2, 0.25) is 0 Å². The minimum Gasteiger partial charge on any atom is -0.294 e. The molecule has 0 spiro atoms. The molecule has 3 atom stereocenters. The fourth-order valence-corrected chi connectivity index (χ4v) is 4.35. The normalized spacial score (nSPS) is 33.8. The molecule has 3 rings (SSSR count). The van der Waals surface area contributed by atoms with E-state index in [2.05, 4.69) is 63.3 Å². The van der Waals surface area contributed by atoms with Gasteiger partial charge in [0, 0.05) is 5.41 Å². The van der Waals surface area contributed by atoms with Crippen molar-refractivity contribution < 1.29 is 4.79 Å². The van der Waals surface area contributed by atoms with E-state index in [0.29, 0.717) is 11.7 Å². The average Bonchev–Trinajstić information content (AvgIpc) is 2.46. The van der Waals surface area contributed by atoms with Crippen molar-refractivity contribution in [2.75, 3.05) is 0 Å². The van der Waals surface area contributed by atoms with E-state index in [0.717, 1.165) is 12.8 Å². The Morgan fingerprint density at radius 1 is 1.19 bits per heavy atom. The largest absolute Gasteiger partial charge is 0.294 e. The summed E-state index contributed by atoms with van der Waals surface area (Å²) in [6.45, 7) is 6.75. The van der Waals surface area contributed by atoms with Crippen molar-refractivity contribution in [2.24, 2.45) is 22.7 Å². The van der Waals surface area contributed by atoms with Crippen LogP contribution in [-0.2, 0) is 11.2 Å². The van der Waals surface area contributed by atoms with Gasteiger partial charge in [-0.25, -0.2) is 0 Å². The molecular formula is C20H24O. The smallest absolute Gasteiger partial charge is 0.162 e. The Bertz CT molecular complexity index is 594. The molecule has 110 valence electrons. The summed E-state index contributed by atoms with van der Waals surface area (Å²) in [7, 11) is 0. The molecule has 0 heterocycles. The maximum Gasteiger partial charge on any atom is 0.162 e. The first kappa shape index (κ1) is 14.3. The van der Waals surface area contributed by atoms with Crippen LogP contribution in [-0.4, -0.2) is 5.78 Å². The van der Waals surface area contributed by atoms with Crippen LogP contribution in [0.15, 0.2) is 54.6 Å². The lowest BCUT2D eigenvalue weighted by molar-refractivity contribution is -0.134. The molecule has 0 N–H and O–H groups in total. The van der Waals surface area contributed by atoms with E-state index in [9.17, 15) is 4.79 Å². The van der Waals surface area contributed by atoms with E-state index in [1.54, 1.807) is 0 Å². The molecule has 2 aliphatic carbocycles. The van der Waals surface area contributed by atoms with Crippen molar-refractivity contribution >= 4 is 5.78 Å². The zero-order chi connectivity index (χ0) is 15.1. The minimum atomic E-state index is -0.283. The second kappa shape index (κ2) is 4.98. The van der Waals surface area contributed by atoms with Gasteiger partial charge in [0.1, 0.15) is 0 Å². The Morgan fingerprint density at radius 2 is 1.90 bits per heavy atom. The zero-order valence-electron chi connectivity index (χ0n) is 13.2. The number of ketones is 1. The van der Waals surface area contributed by atoms with Gasteiger partial charge in [0.25, 0.3) is 0 Å². The summed E-state index contributed by atoms with van der Waals surface area (Å²) in [5.74, 6) is 0.975. The van der Waals surface area contributed by atoms with Gasteiger partial charge in [0.2, 0.25) is 0 Å². The maximum absolute atomic E-state index is 12.9. The van der Waals surface area contributed by atoms with Crippen LogP contribution in [0.25, 0.3) is 0 Å². The molecule has 2 aliphatic rings. The Hall–Kier alpha value is -1.63. The molecule has 0 unspecified atom stereocenters. The number of fused-ring (bicyclic) bond motifs is 1. The maximum atomic E-state index is 12.9. The molecule has 1 heteroatoms. The fourth-order valence-electron chi connectivity index (χ4n) is 4.35. The van der Waals surface area contributed by atoms with E-state index in [1.807, 2.05) is 12.1 Å². The number of rotatable bonds is 2. The first-order valence-electron chi connectivity index (χ1n) is 7.91. The van der Waals surface area contributed by atoms with E-state index < -0.39 is 0 Å². The topological polar surface area (TPSA) is 17.1 Å². The third-order valence-electron chi connectivity index (χ3n) is 5.59. The molecule has 0 aromatic heterocycles. The van der Waals surface area contributed by atoms with Crippen molar-refractivity contribution in [3.8, 4) is 0 Å². The van der Waals surface area contributed by atoms with Gasteiger partial charge >= 0.3 is 0 Å². The van der Waals surface area contributed by atoms with E-state index in [4.69, 9.17) is 0 Å². The Kier molecular flexibility index (Phi) is 3.39. The number of carbonyl (C=O) groups is 1. The molecule has 0 aliphatic heterocycles. The standard InChI is InChI=1S/C20H24O/c1-15-8-7-11-17-19(2,3)13-12-18(21)20(15,17)14-16-9-5-4-6-10-16/h4-10,12-13,15,17H,11,14H2,1-3H3/t15-,17-,20-/m1/s1. The fraction of sp³-hybridized carbons (Fsp3) is 0.450. The van der Waals surface area contributed by atoms with Crippen molar-refractivity contribution in [2.45, 2.75) is 33.6 Å². The summed E-state index contributed by atoms with van der Waals surface area (Å²) in [6, 6.07) is 10.5. The second-order valence-corrected chi connectivity index (χ2v) is 7.23. The predicted octanol–water partition coefficient (Wildman–Crippen LogP) is 4.59. The summed E-state index contributed by atoms with van der Waals surface area (Å²) in [5.41, 5.74) is 1.06. The van der Waals surface area contributed by atoms with Crippen LogP contribution in [0.5, 0.6) is 0 Å². The van der Waals surface area contributed by atoms with Crippen LogP contribution >= 0.6 is 0 Å². The van der Waals surface area contributed by atoms with Crippen molar-refractivity contribution in [3.05, 3.63) is 60.2 Å². The van der Waals surface area contributed by atoms with E-state index >= 15 is 0 Å². The van der Waals surface area contributed by atoms with E-state index in [1.165, 1.54) is 5.56 Å². The summed E-state index contributed by atoms with van der Waals surface area (Å²) >= 11 is 0. The lowest BCUT2D eigenvalue weighted by Crippen LogP contribution is -2.53. The third kappa shape index (κ3) is 2.19. The monoisotopic (exact) mass is 280 g/mol. The minimum absolute atomic E-state index is 0.0711. The Morgan fingerprint density at radius 3 is 2.62 bits per heavy atom. The molecule has 0 amide bonds. The van der Waals surface area contributed by atoms with Gasteiger partial charge in [-0.1, -0.05) is 69.3 Å². The molecule has 0 saturated carbocycles. The highest BCUT2D eigenvalue weighted by atomic mass is 16.1. The Balaban J connectivity index is 2.10. The highest BCUT2D eigenvalue weighted by molar-refractivity contribution is 5.97. The van der Waals surface area contributed by atoms with Gasteiger partial charge in [-0.05, 0) is 41.7 Å². The van der Waals surface area contributed by atoms with Gasteiger partial charge in [0.05, 0.1) is 0 Å². The molecule has 1 aromatic rings. The molecular weight excluding hydrogens is 256 g/mol. The predicted molar refractivity (Wildman–Crippen MR) is 86.9 cm³/mol. The summed E-state index contributed by atoms with van der Waals surface area (Å²) in [4.78, 5) is 12.9. The first-order valence-corrected chi connectivity index (χ1v) is 7.91. The number of allylic oxidation sites excluding steroid dienone is 4. The lowest BCUT2D eigenvalue weighted by Gasteiger charge is -2.53. The quantitative estimate of drug-likeness (QED) is 0.724. The highest BCUT2D eigenvalue weighted by Crippen LogP contribution is 2.55. The Labute approximate surface area is 127 Å². The number of hydrogen-bond donors (Lipinski definition) is 0. The molecule has 0 radical (unpaired) electrons. The number of carbonyl (C=O) groups excluding carboxylic acids is 1. The van der Waals surface area contributed by atoms with Gasteiger partial charge < -0.3 is 0 Å². The third-order valence-corrected chi connectivity index (χ3v) is 5.59. The molecule has 1 nitrogen and oxygen atoms in total. The van der Waals surface area contributed by atoms with Crippen molar-refractivity contribution in [1.29, 1.82) is 0 Å². The van der Waals surface area contributed by atoms with Gasteiger partial charge in [-0.15, -0.1) is 0 Å². The highest BCUT2D eigenvalue weighted by Gasteiger charge is 2.55. The van der Waals surface area contributed by atoms with Gasteiger partial charge in [-0.2, -0.15) is 0 Å². The molecule has 0 fully saturated rings. The summed E-state index contributed by atoms with van der Waals surface area (Å²) in [6.07, 6.45) is 10.3. The van der Waals surface area contributed by atoms with Crippen molar-refractivity contribution in [3.63, 3.8) is 0 Å². The average molecular weight is 280 g/mol. The van der Waals surface area contributed by atoms with E-state index in [-0.39, 0.29) is 16.7 Å². The number of benzene rings is 1. The molecule has 0 saturated heterocycles. The molecule has 21 heavy (non-hydrogen) atoms. The zero-order valence-corrected chi connectivity index (χ0v) is 13.2. The lowest BCUT2D eigenvalue weighted by atomic mass is 9.49. The van der Waals surface area contributed by atoms with Crippen LogP contribution in [0.3, 0.4) is 0 Å². The van der Waals surface area contributed by atoms with Gasteiger partial charge in [0.15, 0.2) is 5.78 Å². The second-order valence-electron chi connectivity index (χ2n) is 7.23. The van der Waals surface area contributed by atoms with Crippen molar-refractivity contribution in [1.82, 2.24) is 0 Å². The SMILES string of the molecule is C[C@@H]1C=CC[C@@H]2C(C)(C)C=CC(=O)[C@]12Cc1ccccc1. The van der Waals surface area contributed by atoms with Crippen LogP contribution in [0.4, 0.5) is 0 Å². The molecule has 0 bridgehead atoms. The molecule has 1 aromatic carbocycles. The van der Waals surface area contributed by atoms with Crippen LogP contribution in [0.1, 0.15) is 32.8 Å². The van der Waals surface area contributed by atoms with Gasteiger partial charge in [-0.3, -0.25) is 4.79 Å².